The number of carbonyl (C=O) groups is 1. The minimum Gasteiger partial charge on any atom is -0.545 e. The van der Waals surface area contributed by atoms with E-state index in [0.717, 1.165) is 28.8 Å². The lowest BCUT2D eigenvalue weighted by Crippen LogP contribution is -2.27. The van der Waals surface area contributed by atoms with E-state index in [1.54, 1.807) is 0 Å². The number of pyridine rings is 1. The molecule has 0 N–H and O–H groups in total. The number of fused-ring (bicyclic) bond motifs is 2. The van der Waals surface area contributed by atoms with Crippen LogP contribution in [0.1, 0.15) is 40.5 Å². The van der Waals surface area contributed by atoms with Crippen LogP contribution in [0, 0.1) is 5.92 Å². The first-order chi connectivity index (χ1) is 12.1. The highest BCUT2D eigenvalue weighted by molar-refractivity contribution is 6.05. The molecule has 0 radical (unpaired) electrons. The molecular formula is C22H18NO2-. The molecule has 1 heterocycles. The molecule has 2 aromatic carbocycles. The van der Waals surface area contributed by atoms with Crippen molar-refractivity contribution >= 4 is 28.5 Å². The third-order valence-electron chi connectivity index (χ3n) is 4.76. The average molecular weight is 328 g/mol. The smallest absolute Gasteiger partial charge is 0.0725 e. The zero-order valence-corrected chi connectivity index (χ0v) is 14.0. The molecule has 0 spiro atoms. The predicted octanol–water partition coefficient (Wildman–Crippen LogP) is 3.72. The molecule has 0 aliphatic heterocycles. The van der Waals surface area contributed by atoms with E-state index >= 15 is 0 Å². The highest BCUT2D eigenvalue weighted by atomic mass is 16.4. The van der Waals surface area contributed by atoms with Crippen LogP contribution in [0.25, 0.3) is 22.6 Å². The zero-order chi connectivity index (χ0) is 17.4. The van der Waals surface area contributed by atoms with Crippen LogP contribution in [-0.4, -0.2) is 11.0 Å². The summed E-state index contributed by atoms with van der Waals surface area (Å²) in [5.74, 6) is -0.758. The van der Waals surface area contributed by atoms with Crippen molar-refractivity contribution in [2.45, 2.75) is 19.8 Å². The van der Waals surface area contributed by atoms with E-state index in [-0.39, 0.29) is 0 Å². The van der Waals surface area contributed by atoms with Crippen LogP contribution in [0.5, 0.6) is 0 Å². The quantitative estimate of drug-likeness (QED) is 0.720. The van der Waals surface area contributed by atoms with Gasteiger partial charge in [0.2, 0.25) is 0 Å². The van der Waals surface area contributed by atoms with Gasteiger partial charge in [-0.3, -0.25) is 0 Å². The van der Waals surface area contributed by atoms with Crippen molar-refractivity contribution in [3.05, 3.63) is 77.0 Å². The number of carboxylic acids is 1. The summed E-state index contributed by atoms with van der Waals surface area (Å²) in [6, 6.07) is 17.5. The van der Waals surface area contributed by atoms with Gasteiger partial charge in [0, 0.05) is 10.9 Å². The molecule has 3 heteroatoms. The number of para-hydroxylation sites is 1. The van der Waals surface area contributed by atoms with Crippen molar-refractivity contribution < 1.29 is 9.90 Å². The highest BCUT2D eigenvalue weighted by Crippen LogP contribution is 2.38. The van der Waals surface area contributed by atoms with E-state index in [9.17, 15) is 9.90 Å². The summed E-state index contributed by atoms with van der Waals surface area (Å²) in [6.07, 6.45) is 3.72. The van der Waals surface area contributed by atoms with Gasteiger partial charge in [-0.2, -0.15) is 0 Å². The molecule has 0 saturated carbocycles. The number of hydrogen-bond donors (Lipinski definition) is 0. The molecule has 0 saturated heterocycles. The number of allylic oxidation sites excluding steroid dienone is 1. The van der Waals surface area contributed by atoms with Gasteiger partial charge in [0.25, 0.3) is 0 Å². The number of benzene rings is 2. The van der Waals surface area contributed by atoms with E-state index in [1.807, 2.05) is 54.6 Å². The van der Waals surface area contributed by atoms with E-state index < -0.39 is 5.97 Å². The average Bonchev–Trinajstić information content (AvgIpc) is 2.60. The third kappa shape index (κ3) is 2.82. The van der Waals surface area contributed by atoms with Crippen LogP contribution in [0.4, 0.5) is 0 Å². The number of hydrogen-bond acceptors (Lipinski definition) is 3. The second-order valence-electron chi connectivity index (χ2n) is 6.71. The van der Waals surface area contributed by atoms with Crippen molar-refractivity contribution in [1.29, 1.82) is 0 Å². The Morgan fingerprint density at radius 3 is 2.56 bits per heavy atom. The molecule has 1 aliphatic rings. The highest BCUT2D eigenvalue weighted by Gasteiger charge is 2.25. The second-order valence-corrected chi connectivity index (χ2v) is 6.71. The summed E-state index contributed by atoms with van der Waals surface area (Å²) >= 11 is 0. The maximum atomic E-state index is 11.9. The third-order valence-corrected chi connectivity index (χ3v) is 4.76. The maximum absolute atomic E-state index is 11.9. The molecular weight excluding hydrogens is 310 g/mol. The SMILES string of the molecule is C[C@@H]1C/C(=C\c2ccccc2)c2nc3ccccc3c(C(=O)[O-])c2C1. The molecule has 3 aromatic rings. The van der Waals surface area contributed by atoms with E-state index in [1.165, 1.54) is 0 Å². The van der Waals surface area contributed by atoms with Crippen molar-refractivity contribution in [3.63, 3.8) is 0 Å². The van der Waals surface area contributed by atoms with Gasteiger partial charge in [-0.05, 0) is 47.6 Å². The molecule has 0 fully saturated rings. The van der Waals surface area contributed by atoms with Crippen LogP contribution in [0.15, 0.2) is 54.6 Å². The topological polar surface area (TPSA) is 53.0 Å². The molecule has 3 nitrogen and oxygen atoms in total. The Morgan fingerprint density at radius 2 is 1.80 bits per heavy atom. The lowest BCUT2D eigenvalue weighted by molar-refractivity contribution is -0.254. The summed E-state index contributed by atoms with van der Waals surface area (Å²) in [6.45, 7) is 2.15. The summed E-state index contributed by atoms with van der Waals surface area (Å²) in [7, 11) is 0. The molecule has 4 rings (SSSR count). The summed E-state index contributed by atoms with van der Waals surface area (Å²) < 4.78 is 0. The fraction of sp³-hybridized carbons (Fsp3) is 0.182. The second kappa shape index (κ2) is 6.17. The molecule has 124 valence electrons. The summed E-state index contributed by atoms with van der Waals surface area (Å²) in [4.78, 5) is 16.7. The fourth-order valence-corrected chi connectivity index (χ4v) is 3.72. The Morgan fingerprint density at radius 1 is 1.08 bits per heavy atom. The van der Waals surface area contributed by atoms with Crippen LogP contribution in [0.2, 0.25) is 0 Å². The number of aromatic nitrogens is 1. The molecule has 1 aliphatic carbocycles. The molecule has 1 aromatic heterocycles. The van der Waals surface area contributed by atoms with Gasteiger partial charge < -0.3 is 9.90 Å². The molecule has 1 atom stereocenters. The lowest BCUT2D eigenvalue weighted by Gasteiger charge is -2.27. The molecule has 0 bridgehead atoms. The molecule has 0 amide bonds. The Hall–Kier alpha value is -2.94. The van der Waals surface area contributed by atoms with Crippen molar-refractivity contribution in [3.8, 4) is 0 Å². The standard InChI is InChI=1S/C22H19NO2/c1-14-11-16(13-15-7-3-2-4-8-15)21-18(12-14)20(22(24)25)17-9-5-6-10-19(17)23-21/h2-10,13-14H,11-12H2,1H3,(H,24,25)/p-1/b16-13+/t14-/m1/s1. The lowest BCUT2D eigenvalue weighted by atomic mass is 9.80. The van der Waals surface area contributed by atoms with Gasteiger partial charge in [0.05, 0.1) is 17.2 Å². The van der Waals surface area contributed by atoms with Gasteiger partial charge in [-0.25, -0.2) is 4.98 Å². The molecule has 0 unspecified atom stereocenters. The van der Waals surface area contributed by atoms with E-state index in [4.69, 9.17) is 4.98 Å². The van der Waals surface area contributed by atoms with Crippen LogP contribution in [0.3, 0.4) is 0 Å². The van der Waals surface area contributed by atoms with Crippen molar-refractivity contribution in [1.82, 2.24) is 4.98 Å². The monoisotopic (exact) mass is 328 g/mol. The maximum Gasteiger partial charge on any atom is 0.0725 e. The first kappa shape index (κ1) is 15.6. The number of aromatic carboxylic acids is 1. The van der Waals surface area contributed by atoms with Gasteiger partial charge in [-0.15, -0.1) is 0 Å². The number of carbonyl (C=O) groups excluding carboxylic acids is 1. The Kier molecular flexibility index (Phi) is 3.85. The minimum atomic E-state index is -1.12. The minimum absolute atomic E-state index is 0.297. The van der Waals surface area contributed by atoms with Crippen LogP contribution < -0.4 is 5.11 Å². The van der Waals surface area contributed by atoms with E-state index in [2.05, 4.69) is 13.0 Å². The van der Waals surface area contributed by atoms with Crippen LogP contribution in [-0.2, 0) is 6.42 Å². The first-order valence-electron chi connectivity index (χ1n) is 8.52. The van der Waals surface area contributed by atoms with Crippen molar-refractivity contribution in [2.24, 2.45) is 5.92 Å². The summed E-state index contributed by atoms with van der Waals surface area (Å²) in [5.41, 5.74) is 4.80. The Labute approximate surface area is 146 Å². The number of nitrogens with zero attached hydrogens (tertiary/aromatic N) is 1. The van der Waals surface area contributed by atoms with Crippen LogP contribution >= 0.6 is 0 Å². The normalized spacial score (nSPS) is 18.3. The number of rotatable bonds is 2. The fourth-order valence-electron chi connectivity index (χ4n) is 3.72. The van der Waals surface area contributed by atoms with Crippen molar-refractivity contribution in [2.75, 3.05) is 0 Å². The zero-order valence-electron chi connectivity index (χ0n) is 14.0. The largest absolute Gasteiger partial charge is 0.545 e. The van der Waals surface area contributed by atoms with Gasteiger partial charge in [-0.1, -0.05) is 55.5 Å². The Balaban J connectivity index is 2.00. The van der Waals surface area contributed by atoms with Gasteiger partial charge in [0.15, 0.2) is 0 Å². The van der Waals surface area contributed by atoms with Gasteiger partial charge in [0.1, 0.15) is 0 Å². The van der Waals surface area contributed by atoms with E-state index in [0.29, 0.717) is 28.8 Å². The predicted molar refractivity (Wildman–Crippen MR) is 97.9 cm³/mol. The number of carboxylic acid groups (broad SMARTS) is 1. The van der Waals surface area contributed by atoms with Gasteiger partial charge >= 0.3 is 0 Å². The Bertz CT molecular complexity index is 990. The summed E-state index contributed by atoms with van der Waals surface area (Å²) in [5, 5.41) is 12.6. The first-order valence-corrected chi connectivity index (χ1v) is 8.52. The molecule has 25 heavy (non-hydrogen) atoms.